The lowest BCUT2D eigenvalue weighted by Crippen LogP contribution is -2.20. The van der Waals surface area contributed by atoms with Crippen molar-refractivity contribution in [2.24, 2.45) is 0 Å². The molecule has 1 aromatic heterocycles. The quantitative estimate of drug-likeness (QED) is 0.335. The molecule has 1 amide bonds. The predicted octanol–water partition coefficient (Wildman–Crippen LogP) is 2.70. The Morgan fingerprint density at radius 3 is 2.62 bits per heavy atom. The molecule has 9 nitrogen and oxygen atoms in total. The molecule has 0 spiro atoms. The largest absolute Gasteiger partial charge is 0.462 e. The molecule has 26 heavy (non-hydrogen) atoms. The lowest BCUT2D eigenvalue weighted by Gasteiger charge is -2.07. The standard InChI is InChI=1S/C17H20N4O5/c1-3-4-9-26-17(23)13-5-7-14(8-6-13)19-15(22)11-20-12(2)18-10-16(20)21(24)25/h5-8,10H,3-4,9,11H2,1-2H3,(H,19,22). The highest BCUT2D eigenvalue weighted by Crippen LogP contribution is 2.15. The second-order valence-electron chi connectivity index (χ2n) is 5.62. The third-order valence-electron chi connectivity index (χ3n) is 3.66. The van der Waals surface area contributed by atoms with Crippen LogP contribution in [0.5, 0.6) is 0 Å². The maximum Gasteiger partial charge on any atom is 0.343 e. The Bertz CT molecular complexity index is 798. The highest BCUT2D eigenvalue weighted by molar-refractivity contribution is 5.93. The number of imidazole rings is 1. The molecule has 1 aromatic carbocycles. The minimum Gasteiger partial charge on any atom is -0.462 e. The fourth-order valence-corrected chi connectivity index (χ4v) is 2.22. The molecule has 0 aliphatic heterocycles. The third-order valence-corrected chi connectivity index (χ3v) is 3.66. The summed E-state index contributed by atoms with van der Waals surface area (Å²) in [7, 11) is 0. The fourth-order valence-electron chi connectivity index (χ4n) is 2.22. The fraction of sp³-hybridized carbons (Fsp3) is 0.353. The van der Waals surface area contributed by atoms with Crippen LogP contribution >= 0.6 is 0 Å². The van der Waals surface area contributed by atoms with E-state index in [1.54, 1.807) is 31.2 Å². The normalized spacial score (nSPS) is 10.4. The van der Waals surface area contributed by atoms with Crippen molar-refractivity contribution in [3.8, 4) is 0 Å². The Balaban J connectivity index is 1.96. The Morgan fingerprint density at radius 2 is 2.00 bits per heavy atom. The van der Waals surface area contributed by atoms with Crippen molar-refractivity contribution in [1.82, 2.24) is 9.55 Å². The van der Waals surface area contributed by atoms with Crippen LogP contribution in [0.3, 0.4) is 0 Å². The molecule has 1 N–H and O–H groups in total. The maximum absolute atomic E-state index is 12.1. The molecule has 2 rings (SSSR count). The number of benzene rings is 1. The van der Waals surface area contributed by atoms with Gasteiger partial charge in [0.1, 0.15) is 6.20 Å². The Kier molecular flexibility index (Phi) is 6.42. The SMILES string of the molecule is CCCCOC(=O)c1ccc(NC(=O)Cn2c([N+](=O)[O-])cnc2C)cc1. The van der Waals surface area contributed by atoms with Crippen molar-refractivity contribution in [3.63, 3.8) is 0 Å². The van der Waals surface area contributed by atoms with Crippen LogP contribution in [0.25, 0.3) is 0 Å². The van der Waals surface area contributed by atoms with E-state index in [2.05, 4.69) is 10.3 Å². The summed E-state index contributed by atoms with van der Waals surface area (Å²) >= 11 is 0. The lowest BCUT2D eigenvalue weighted by atomic mass is 10.2. The number of aromatic nitrogens is 2. The summed E-state index contributed by atoms with van der Waals surface area (Å²) < 4.78 is 6.32. The number of hydrogen-bond donors (Lipinski definition) is 1. The summed E-state index contributed by atoms with van der Waals surface area (Å²) in [6.07, 6.45) is 2.86. The van der Waals surface area contributed by atoms with Gasteiger partial charge in [-0.1, -0.05) is 13.3 Å². The summed E-state index contributed by atoms with van der Waals surface area (Å²) in [5, 5.41) is 13.6. The molecule has 0 bridgehead atoms. The molecule has 0 saturated heterocycles. The van der Waals surface area contributed by atoms with Crippen LogP contribution in [-0.2, 0) is 16.1 Å². The molecule has 0 aliphatic rings. The summed E-state index contributed by atoms with van der Waals surface area (Å²) in [6.45, 7) is 3.73. The first-order chi connectivity index (χ1) is 12.4. The first-order valence-electron chi connectivity index (χ1n) is 8.16. The molecule has 0 atom stereocenters. The summed E-state index contributed by atoms with van der Waals surface area (Å²) in [5.41, 5.74) is 0.862. The van der Waals surface area contributed by atoms with Gasteiger partial charge in [0.05, 0.1) is 12.2 Å². The molecule has 0 saturated carbocycles. The molecular formula is C17H20N4O5. The van der Waals surface area contributed by atoms with E-state index in [0.29, 0.717) is 23.7 Å². The van der Waals surface area contributed by atoms with Gasteiger partial charge in [-0.25, -0.2) is 14.3 Å². The maximum atomic E-state index is 12.1. The van der Waals surface area contributed by atoms with E-state index in [-0.39, 0.29) is 12.4 Å². The van der Waals surface area contributed by atoms with Gasteiger partial charge in [0.2, 0.25) is 0 Å². The number of nitrogens with zero attached hydrogens (tertiary/aromatic N) is 3. The van der Waals surface area contributed by atoms with E-state index in [0.717, 1.165) is 19.0 Å². The number of hydrogen-bond acceptors (Lipinski definition) is 6. The number of aryl methyl sites for hydroxylation is 1. The zero-order valence-corrected chi connectivity index (χ0v) is 14.6. The minimum atomic E-state index is -0.591. The van der Waals surface area contributed by atoms with E-state index in [1.807, 2.05) is 6.92 Å². The minimum absolute atomic E-state index is 0.233. The molecule has 1 heterocycles. The Labute approximate surface area is 150 Å². The van der Waals surface area contributed by atoms with Gasteiger partial charge in [0, 0.05) is 12.6 Å². The predicted molar refractivity (Wildman–Crippen MR) is 93.9 cm³/mol. The van der Waals surface area contributed by atoms with Crippen LogP contribution in [0.4, 0.5) is 11.5 Å². The van der Waals surface area contributed by atoms with Gasteiger partial charge in [0.15, 0.2) is 12.4 Å². The molecule has 0 fully saturated rings. The van der Waals surface area contributed by atoms with Crippen molar-refractivity contribution in [2.45, 2.75) is 33.2 Å². The van der Waals surface area contributed by atoms with Crippen molar-refractivity contribution in [2.75, 3.05) is 11.9 Å². The highest BCUT2D eigenvalue weighted by atomic mass is 16.6. The van der Waals surface area contributed by atoms with Gasteiger partial charge < -0.3 is 20.2 Å². The van der Waals surface area contributed by atoms with E-state index in [1.165, 1.54) is 4.57 Å². The van der Waals surface area contributed by atoms with Crippen LogP contribution < -0.4 is 5.32 Å². The summed E-state index contributed by atoms with van der Waals surface area (Å²) in [4.78, 5) is 38.1. The number of esters is 1. The third kappa shape index (κ3) is 4.88. The van der Waals surface area contributed by atoms with E-state index in [9.17, 15) is 19.7 Å². The smallest absolute Gasteiger partial charge is 0.343 e. The van der Waals surface area contributed by atoms with Crippen molar-refractivity contribution >= 4 is 23.4 Å². The van der Waals surface area contributed by atoms with Gasteiger partial charge >= 0.3 is 11.8 Å². The van der Waals surface area contributed by atoms with E-state index >= 15 is 0 Å². The number of carbonyl (C=O) groups excluding carboxylic acids is 2. The molecule has 138 valence electrons. The van der Waals surface area contributed by atoms with Gasteiger partial charge in [-0.05, 0) is 35.6 Å². The highest BCUT2D eigenvalue weighted by Gasteiger charge is 2.20. The number of carbonyl (C=O) groups is 2. The second kappa shape index (κ2) is 8.75. The lowest BCUT2D eigenvalue weighted by molar-refractivity contribution is -0.392. The van der Waals surface area contributed by atoms with E-state index < -0.39 is 16.8 Å². The number of anilines is 1. The number of unbranched alkanes of at least 4 members (excludes halogenated alkanes) is 1. The first-order valence-corrected chi connectivity index (χ1v) is 8.16. The van der Waals surface area contributed by atoms with Crippen LogP contribution in [0.2, 0.25) is 0 Å². The Hall–Kier alpha value is -3.23. The molecule has 0 unspecified atom stereocenters. The van der Waals surface area contributed by atoms with E-state index in [4.69, 9.17) is 4.74 Å². The monoisotopic (exact) mass is 360 g/mol. The van der Waals surface area contributed by atoms with Crippen LogP contribution in [-0.4, -0.2) is 33.0 Å². The van der Waals surface area contributed by atoms with Gasteiger partial charge in [-0.3, -0.25) is 4.79 Å². The van der Waals surface area contributed by atoms with Crippen molar-refractivity contribution in [1.29, 1.82) is 0 Å². The van der Waals surface area contributed by atoms with Crippen molar-refractivity contribution < 1.29 is 19.2 Å². The molecule has 2 aromatic rings. The molecular weight excluding hydrogens is 340 g/mol. The molecule has 9 heteroatoms. The number of nitro groups is 1. The average molecular weight is 360 g/mol. The molecule has 0 radical (unpaired) electrons. The summed E-state index contributed by atoms with van der Waals surface area (Å²) in [5.74, 6) is -0.728. The first kappa shape index (κ1) is 19.1. The second-order valence-corrected chi connectivity index (χ2v) is 5.62. The number of nitrogens with one attached hydrogen (secondary N) is 1. The average Bonchev–Trinajstić information content (AvgIpc) is 2.96. The van der Waals surface area contributed by atoms with Crippen LogP contribution in [0.15, 0.2) is 30.5 Å². The van der Waals surface area contributed by atoms with Gasteiger partial charge in [-0.2, -0.15) is 0 Å². The van der Waals surface area contributed by atoms with Gasteiger partial charge in [0.25, 0.3) is 5.91 Å². The summed E-state index contributed by atoms with van der Waals surface area (Å²) in [6, 6.07) is 6.25. The van der Waals surface area contributed by atoms with Gasteiger partial charge in [-0.15, -0.1) is 0 Å². The molecule has 0 aliphatic carbocycles. The number of rotatable bonds is 8. The van der Waals surface area contributed by atoms with Crippen molar-refractivity contribution in [3.05, 3.63) is 52.0 Å². The Morgan fingerprint density at radius 1 is 1.31 bits per heavy atom. The topological polar surface area (TPSA) is 116 Å². The number of amides is 1. The van der Waals surface area contributed by atoms with Crippen LogP contribution in [0, 0.1) is 17.0 Å². The zero-order valence-electron chi connectivity index (χ0n) is 14.6. The number of ether oxygens (including phenoxy) is 1. The zero-order chi connectivity index (χ0) is 19.1. The van der Waals surface area contributed by atoms with Crippen LogP contribution in [0.1, 0.15) is 35.9 Å².